The summed E-state index contributed by atoms with van der Waals surface area (Å²) in [5.41, 5.74) is 22.0. The number of carboxylic acid groups (broad SMARTS) is 1. The summed E-state index contributed by atoms with van der Waals surface area (Å²) >= 11 is 4.06. The molecule has 1 rings (SSSR count). The van der Waals surface area contributed by atoms with Crippen LogP contribution >= 0.6 is 12.6 Å². The Bertz CT molecular complexity index is 953. The molecule has 0 bridgehead atoms. The van der Waals surface area contributed by atoms with Crippen LogP contribution in [0.1, 0.15) is 31.4 Å². The second-order valence-corrected chi connectivity index (χ2v) is 8.41. The molecular weight excluding hydrogens is 508 g/mol. The third-order valence-corrected chi connectivity index (χ3v) is 5.39. The number of H-pyrrole nitrogens is 1. The number of primary amides is 1. The van der Waals surface area contributed by atoms with Gasteiger partial charge in [-0.1, -0.05) is 0 Å². The molecule has 17 heteroatoms. The number of hydrogen-bond donors (Lipinski definition) is 10. The molecule has 0 saturated carbocycles. The number of nitrogens with one attached hydrogen (secondary N) is 4. The van der Waals surface area contributed by atoms with Gasteiger partial charge in [-0.25, -0.2) is 9.78 Å². The average molecular weight is 543 g/mol. The second kappa shape index (κ2) is 16.0. The highest BCUT2D eigenvalue weighted by atomic mass is 32.1. The first kappa shape index (κ1) is 31.2. The summed E-state index contributed by atoms with van der Waals surface area (Å²) in [4.78, 5) is 71.2. The fraction of sp³-hybridized carbons (Fsp3) is 0.550. The molecule has 1 aromatic heterocycles. The molecule has 37 heavy (non-hydrogen) atoms. The lowest BCUT2D eigenvalue weighted by atomic mass is 10.1. The van der Waals surface area contributed by atoms with Crippen LogP contribution in [0.25, 0.3) is 0 Å². The maximum Gasteiger partial charge on any atom is 0.326 e. The fourth-order valence-corrected chi connectivity index (χ4v) is 3.29. The first-order valence-electron chi connectivity index (χ1n) is 11.3. The van der Waals surface area contributed by atoms with Crippen molar-refractivity contribution >= 4 is 48.2 Å². The van der Waals surface area contributed by atoms with Gasteiger partial charge in [0.25, 0.3) is 0 Å². The molecule has 13 N–H and O–H groups in total. The fourth-order valence-electron chi connectivity index (χ4n) is 3.04. The van der Waals surface area contributed by atoms with Crippen molar-refractivity contribution in [3.8, 4) is 0 Å². The lowest BCUT2D eigenvalue weighted by molar-refractivity contribution is -0.142. The monoisotopic (exact) mass is 542 g/mol. The van der Waals surface area contributed by atoms with Crippen molar-refractivity contribution < 1.29 is 29.1 Å². The minimum atomic E-state index is -1.41. The Morgan fingerprint density at radius 3 is 2.16 bits per heavy atom. The van der Waals surface area contributed by atoms with Crippen molar-refractivity contribution in [2.75, 3.05) is 12.3 Å². The van der Waals surface area contributed by atoms with Crippen LogP contribution in [-0.4, -0.2) is 87.1 Å². The number of nitrogens with two attached hydrogens (primary N) is 4. The minimum Gasteiger partial charge on any atom is -0.480 e. The van der Waals surface area contributed by atoms with E-state index in [2.05, 4.69) is 43.5 Å². The summed E-state index contributed by atoms with van der Waals surface area (Å²) in [6.45, 7) is 0.275. The maximum absolute atomic E-state index is 13.0. The van der Waals surface area contributed by atoms with E-state index in [0.29, 0.717) is 12.1 Å². The van der Waals surface area contributed by atoms with Crippen LogP contribution in [-0.2, 0) is 30.4 Å². The number of aromatic nitrogens is 2. The van der Waals surface area contributed by atoms with E-state index in [9.17, 15) is 29.1 Å². The van der Waals surface area contributed by atoms with Crippen molar-refractivity contribution in [2.24, 2.45) is 27.9 Å². The molecule has 0 aliphatic carbocycles. The van der Waals surface area contributed by atoms with Gasteiger partial charge in [0.05, 0.1) is 12.4 Å². The Hall–Kier alpha value is -3.86. The quantitative estimate of drug-likeness (QED) is 0.0394. The zero-order valence-corrected chi connectivity index (χ0v) is 20.9. The molecule has 0 saturated heterocycles. The van der Waals surface area contributed by atoms with Crippen LogP contribution in [0, 0.1) is 0 Å². The molecule has 0 aliphatic rings. The standard InChI is InChI=1S/C20H34N10O6S/c21-11(2-1-5-26-20(23)24)16(32)29-13(6-10-7-25-9-27-10)17(33)30-14(8-37)18(34)28-12(19(35)36)3-4-15(22)31/h7,9,11-14,37H,1-6,8,21H2,(H2,22,31)(H,25,27)(H,28,34)(H,29,32)(H,30,33)(H,35,36)(H4,23,24,26). The van der Waals surface area contributed by atoms with Gasteiger partial charge in [0, 0.05) is 37.0 Å². The number of nitrogens with zero attached hydrogens (tertiary/aromatic N) is 2. The Labute approximate surface area is 218 Å². The van der Waals surface area contributed by atoms with Crippen LogP contribution in [0.5, 0.6) is 0 Å². The topological polar surface area (TPSA) is 287 Å². The molecular formula is C20H34N10O6S. The molecule has 4 amide bonds. The van der Waals surface area contributed by atoms with Gasteiger partial charge < -0.3 is 49.0 Å². The molecule has 4 unspecified atom stereocenters. The lowest BCUT2D eigenvalue weighted by Crippen LogP contribution is -2.58. The van der Waals surface area contributed by atoms with Crippen LogP contribution in [0.15, 0.2) is 17.5 Å². The highest BCUT2D eigenvalue weighted by Gasteiger charge is 2.30. The number of aromatic amines is 1. The molecule has 4 atom stereocenters. The Kier molecular flexibility index (Phi) is 13.5. The van der Waals surface area contributed by atoms with E-state index in [1.807, 2.05) is 0 Å². The number of rotatable bonds is 17. The van der Waals surface area contributed by atoms with Crippen LogP contribution in [0.3, 0.4) is 0 Å². The zero-order chi connectivity index (χ0) is 28.0. The molecule has 0 radical (unpaired) electrons. The number of thiol groups is 1. The number of imidazole rings is 1. The normalized spacial score (nSPS) is 13.9. The van der Waals surface area contributed by atoms with E-state index in [0.717, 1.165) is 0 Å². The third kappa shape index (κ3) is 12.1. The maximum atomic E-state index is 13.0. The summed E-state index contributed by atoms with van der Waals surface area (Å²) in [6, 6.07) is -4.77. The number of hydrogen-bond acceptors (Lipinski definition) is 9. The first-order valence-corrected chi connectivity index (χ1v) is 11.9. The zero-order valence-electron chi connectivity index (χ0n) is 20.1. The van der Waals surface area contributed by atoms with Gasteiger partial charge in [-0.3, -0.25) is 24.2 Å². The molecule has 206 valence electrons. The number of aliphatic imine (C=N–C) groups is 1. The van der Waals surface area contributed by atoms with Gasteiger partial charge in [-0.05, 0) is 19.3 Å². The summed E-state index contributed by atoms with van der Waals surface area (Å²) in [7, 11) is 0. The largest absolute Gasteiger partial charge is 0.480 e. The highest BCUT2D eigenvalue weighted by molar-refractivity contribution is 7.80. The van der Waals surface area contributed by atoms with Crippen molar-refractivity contribution in [3.05, 3.63) is 18.2 Å². The molecule has 16 nitrogen and oxygen atoms in total. The van der Waals surface area contributed by atoms with Gasteiger partial charge in [-0.2, -0.15) is 12.6 Å². The van der Waals surface area contributed by atoms with Crippen molar-refractivity contribution in [2.45, 2.75) is 56.3 Å². The minimum absolute atomic E-state index is 0.00440. The van der Waals surface area contributed by atoms with Crippen molar-refractivity contribution in [1.82, 2.24) is 25.9 Å². The SMILES string of the molecule is NC(=O)CCC(NC(=O)C(CS)NC(=O)C(Cc1cnc[nH]1)NC(=O)C(N)CCCN=C(N)N)C(=O)O. The van der Waals surface area contributed by atoms with Gasteiger partial charge in [0.1, 0.15) is 18.1 Å². The molecule has 1 heterocycles. The molecule has 0 spiro atoms. The Balaban J connectivity index is 2.87. The summed E-state index contributed by atoms with van der Waals surface area (Å²) in [5, 5.41) is 16.5. The van der Waals surface area contributed by atoms with Crippen molar-refractivity contribution in [3.63, 3.8) is 0 Å². The van der Waals surface area contributed by atoms with Crippen LogP contribution in [0.4, 0.5) is 0 Å². The van der Waals surface area contributed by atoms with Crippen LogP contribution in [0.2, 0.25) is 0 Å². The van der Waals surface area contributed by atoms with Gasteiger partial charge >= 0.3 is 5.97 Å². The number of carbonyl (C=O) groups is 5. The number of carboxylic acids is 1. The summed E-state index contributed by atoms with van der Waals surface area (Å²) in [5.74, 6) is -4.58. The van der Waals surface area contributed by atoms with Gasteiger partial charge in [0.2, 0.25) is 23.6 Å². The van der Waals surface area contributed by atoms with E-state index in [-0.39, 0.29) is 43.9 Å². The number of aliphatic carboxylic acids is 1. The smallest absolute Gasteiger partial charge is 0.326 e. The van der Waals surface area contributed by atoms with E-state index >= 15 is 0 Å². The predicted molar refractivity (Wildman–Crippen MR) is 136 cm³/mol. The molecule has 1 aromatic rings. The summed E-state index contributed by atoms with van der Waals surface area (Å²) in [6.07, 6.45) is 3.01. The lowest BCUT2D eigenvalue weighted by Gasteiger charge is -2.24. The first-order chi connectivity index (χ1) is 17.4. The molecule has 0 aromatic carbocycles. The van der Waals surface area contributed by atoms with Gasteiger partial charge in [-0.15, -0.1) is 0 Å². The summed E-state index contributed by atoms with van der Waals surface area (Å²) < 4.78 is 0. The van der Waals surface area contributed by atoms with Crippen molar-refractivity contribution in [1.29, 1.82) is 0 Å². The second-order valence-electron chi connectivity index (χ2n) is 8.05. The average Bonchev–Trinajstić information content (AvgIpc) is 3.34. The molecule has 0 fully saturated rings. The van der Waals surface area contributed by atoms with E-state index in [1.165, 1.54) is 12.5 Å². The van der Waals surface area contributed by atoms with Crippen LogP contribution < -0.4 is 38.9 Å². The predicted octanol–water partition coefficient (Wildman–Crippen LogP) is -3.93. The number of carbonyl (C=O) groups excluding carboxylic acids is 4. The van der Waals surface area contributed by atoms with E-state index in [1.54, 1.807) is 0 Å². The number of guanidine groups is 1. The number of amides is 4. The van der Waals surface area contributed by atoms with Gasteiger partial charge in [0.15, 0.2) is 5.96 Å². The Morgan fingerprint density at radius 1 is 1.00 bits per heavy atom. The molecule has 0 aliphatic heterocycles. The highest BCUT2D eigenvalue weighted by Crippen LogP contribution is 2.04. The third-order valence-electron chi connectivity index (χ3n) is 5.03. The Morgan fingerprint density at radius 2 is 1.62 bits per heavy atom. The van der Waals surface area contributed by atoms with E-state index < -0.39 is 53.8 Å². The van der Waals surface area contributed by atoms with E-state index in [4.69, 9.17) is 22.9 Å².